The maximum atomic E-state index is 5.51. The number of ether oxygens (including phenoxy) is 3. The van der Waals surface area contributed by atoms with Gasteiger partial charge in [-0.25, -0.2) is 0 Å². The maximum absolute atomic E-state index is 5.51. The van der Waals surface area contributed by atoms with E-state index in [4.69, 9.17) is 14.2 Å². The van der Waals surface area contributed by atoms with E-state index in [1.807, 2.05) is 18.2 Å². The minimum absolute atomic E-state index is 0.610. The molecular formula is C24H32N2O3. The summed E-state index contributed by atoms with van der Waals surface area (Å²) in [4.78, 5) is 4.85. The Morgan fingerprint density at radius 1 is 0.966 bits per heavy atom. The Labute approximate surface area is 174 Å². The molecule has 0 amide bonds. The molecule has 0 aliphatic carbocycles. The van der Waals surface area contributed by atoms with E-state index in [1.165, 1.54) is 31.6 Å². The second-order valence-electron chi connectivity index (χ2n) is 7.31. The fourth-order valence-electron chi connectivity index (χ4n) is 3.89. The second kappa shape index (κ2) is 10.2. The van der Waals surface area contributed by atoms with Crippen molar-refractivity contribution in [1.29, 1.82) is 0 Å². The number of likely N-dealkylation sites (tertiary alicyclic amines) is 1. The molecule has 5 heteroatoms. The molecule has 156 valence electrons. The molecule has 2 aromatic carbocycles. The average molecular weight is 397 g/mol. The van der Waals surface area contributed by atoms with Crippen molar-refractivity contribution in [1.82, 2.24) is 4.90 Å². The minimum atomic E-state index is 0.610. The standard InChI is InChI=1S/C24H32N2O3/c1-19(16-20-17-22(27-2)24(29-4)23(18-20)28-3)26(21-10-6-5-7-11-21)15-14-25-12-8-9-13-25/h5-7,10-11,17-18H,1,8-9,12-16H2,2-4H3. The predicted molar refractivity (Wildman–Crippen MR) is 118 cm³/mol. The van der Waals surface area contributed by atoms with Gasteiger partial charge in [0.2, 0.25) is 5.75 Å². The SMILES string of the molecule is C=C(Cc1cc(OC)c(OC)c(OC)c1)N(CCN1CCCC1)c1ccccc1. The van der Waals surface area contributed by atoms with Gasteiger partial charge in [-0.1, -0.05) is 24.8 Å². The molecule has 1 heterocycles. The van der Waals surface area contributed by atoms with E-state index in [0.29, 0.717) is 23.7 Å². The molecule has 1 saturated heterocycles. The third-order valence-electron chi connectivity index (χ3n) is 5.42. The van der Waals surface area contributed by atoms with Gasteiger partial charge in [0.05, 0.1) is 21.3 Å². The van der Waals surface area contributed by atoms with Crippen molar-refractivity contribution in [3.05, 3.63) is 60.3 Å². The zero-order valence-corrected chi connectivity index (χ0v) is 17.8. The highest BCUT2D eigenvalue weighted by Gasteiger charge is 2.18. The van der Waals surface area contributed by atoms with Crippen molar-refractivity contribution in [3.8, 4) is 17.2 Å². The summed E-state index contributed by atoms with van der Waals surface area (Å²) in [6, 6.07) is 14.5. The number of hydrogen-bond acceptors (Lipinski definition) is 5. The lowest BCUT2D eigenvalue weighted by Crippen LogP contribution is -2.33. The molecule has 0 N–H and O–H groups in total. The molecule has 0 atom stereocenters. The van der Waals surface area contributed by atoms with E-state index < -0.39 is 0 Å². The Hall–Kier alpha value is -2.66. The number of rotatable bonds is 10. The van der Waals surface area contributed by atoms with E-state index in [-0.39, 0.29) is 0 Å². The molecule has 0 aromatic heterocycles. The first kappa shape index (κ1) is 21.1. The first-order chi connectivity index (χ1) is 14.2. The highest BCUT2D eigenvalue weighted by atomic mass is 16.5. The molecular weight excluding hydrogens is 364 g/mol. The first-order valence-electron chi connectivity index (χ1n) is 10.2. The number of allylic oxidation sites excluding steroid dienone is 1. The van der Waals surface area contributed by atoms with Gasteiger partial charge in [0.1, 0.15) is 0 Å². The lowest BCUT2D eigenvalue weighted by Gasteiger charge is -2.29. The van der Waals surface area contributed by atoms with Crippen molar-refractivity contribution in [2.24, 2.45) is 0 Å². The van der Waals surface area contributed by atoms with Crippen molar-refractivity contribution < 1.29 is 14.2 Å². The van der Waals surface area contributed by atoms with E-state index in [1.54, 1.807) is 21.3 Å². The summed E-state index contributed by atoms with van der Waals surface area (Å²) < 4.78 is 16.5. The second-order valence-corrected chi connectivity index (χ2v) is 7.31. The number of para-hydroxylation sites is 1. The Morgan fingerprint density at radius 3 is 2.14 bits per heavy atom. The van der Waals surface area contributed by atoms with Crippen LogP contribution in [0.4, 0.5) is 5.69 Å². The van der Waals surface area contributed by atoms with Crippen molar-refractivity contribution >= 4 is 5.69 Å². The third-order valence-corrected chi connectivity index (χ3v) is 5.42. The number of methoxy groups -OCH3 is 3. The van der Waals surface area contributed by atoms with E-state index >= 15 is 0 Å². The lowest BCUT2D eigenvalue weighted by atomic mass is 10.1. The highest BCUT2D eigenvalue weighted by molar-refractivity contribution is 5.56. The largest absolute Gasteiger partial charge is 0.493 e. The van der Waals surface area contributed by atoms with Crippen LogP contribution in [0.3, 0.4) is 0 Å². The summed E-state index contributed by atoms with van der Waals surface area (Å²) in [6.07, 6.45) is 3.31. The molecule has 1 aliphatic rings. The fourth-order valence-corrected chi connectivity index (χ4v) is 3.89. The van der Waals surface area contributed by atoms with Gasteiger partial charge in [-0.3, -0.25) is 0 Å². The number of hydrogen-bond donors (Lipinski definition) is 0. The van der Waals surface area contributed by atoms with Crippen LogP contribution in [0.25, 0.3) is 0 Å². The Bertz CT molecular complexity index is 776. The Morgan fingerprint density at radius 2 is 1.59 bits per heavy atom. The maximum Gasteiger partial charge on any atom is 0.203 e. The third kappa shape index (κ3) is 5.24. The smallest absolute Gasteiger partial charge is 0.203 e. The minimum Gasteiger partial charge on any atom is -0.493 e. The summed E-state index contributed by atoms with van der Waals surface area (Å²) in [7, 11) is 4.90. The highest BCUT2D eigenvalue weighted by Crippen LogP contribution is 2.39. The van der Waals surface area contributed by atoms with Gasteiger partial charge in [0.15, 0.2) is 11.5 Å². The number of anilines is 1. The zero-order valence-electron chi connectivity index (χ0n) is 17.8. The first-order valence-corrected chi connectivity index (χ1v) is 10.2. The van der Waals surface area contributed by atoms with Crippen LogP contribution in [0.5, 0.6) is 17.2 Å². The fraction of sp³-hybridized carbons (Fsp3) is 0.417. The van der Waals surface area contributed by atoms with Gasteiger partial charge < -0.3 is 24.0 Å². The average Bonchev–Trinajstić information content (AvgIpc) is 3.27. The summed E-state index contributed by atoms with van der Waals surface area (Å²) in [5.41, 5.74) is 3.29. The Kier molecular flexibility index (Phi) is 7.42. The van der Waals surface area contributed by atoms with E-state index in [2.05, 4.69) is 40.6 Å². The predicted octanol–water partition coefficient (Wildman–Crippen LogP) is 4.37. The van der Waals surface area contributed by atoms with Crippen molar-refractivity contribution in [2.45, 2.75) is 19.3 Å². The van der Waals surface area contributed by atoms with Gasteiger partial charge in [-0.2, -0.15) is 0 Å². The molecule has 1 aliphatic heterocycles. The van der Waals surface area contributed by atoms with Crippen LogP contribution >= 0.6 is 0 Å². The molecule has 0 radical (unpaired) electrons. The zero-order chi connectivity index (χ0) is 20.6. The van der Waals surface area contributed by atoms with Gasteiger partial charge in [-0.05, 0) is 55.8 Å². The van der Waals surface area contributed by atoms with Gasteiger partial charge in [0.25, 0.3) is 0 Å². The topological polar surface area (TPSA) is 34.2 Å². The molecule has 29 heavy (non-hydrogen) atoms. The van der Waals surface area contributed by atoms with Gasteiger partial charge in [0, 0.05) is 30.9 Å². The Balaban J connectivity index is 1.80. The number of nitrogens with zero attached hydrogens (tertiary/aromatic N) is 2. The molecule has 5 nitrogen and oxygen atoms in total. The van der Waals surface area contributed by atoms with Crippen LogP contribution in [0.2, 0.25) is 0 Å². The molecule has 3 rings (SSSR count). The van der Waals surface area contributed by atoms with Crippen LogP contribution < -0.4 is 19.1 Å². The molecule has 0 bridgehead atoms. The van der Waals surface area contributed by atoms with Gasteiger partial charge in [-0.15, -0.1) is 0 Å². The lowest BCUT2D eigenvalue weighted by molar-refractivity contribution is 0.324. The summed E-state index contributed by atoms with van der Waals surface area (Å²) in [6.45, 7) is 8.78. The van der Waals surface area contributed by atoms with Crippen LogP contribution in [0.1, 0.15) is 18.4 Å². The van der Waals surface area contributed by atoms with E-state index in [9.17, 15) is 0 Å². The molecule has 0 spiro atoms. The summed E-state index contributed by atoms with van der Waals surface area (Å²) in [5.74, 6) is 1.94. The number of benzene rings is 2. The molecule has 0 saturated carbocycles. The normalized spacial score (nSPS) is 13.9. The van der Waals surface area contributed by atoms with Crippen LogP contribution in [0.15, 0.2) is 54.7 Å². The molecule has 1 fully saturated rings. The molecule has 0 unspecified atom stereocenters. The van der Waals surface area contributed by atoms with Crippen LogP contribution in [-0.4, -0.2) is 52.4 Å². The summed E-state index contributed by atoms with van der Waals surface area (Å²) >= 11 is 0. The summed E-state index contributed by atoms with van der Waals surface area (Å²) in [5, 5.41) is 0. The monoisotopic (exact) mass is 396 g/mol. The van der Waals surface area contributed by atoms with Crippen LogP contribution in [-0.2, 0) is 6.42 Å². The quantitative estimate of drug-likeness (QED) is 0.596. The van der Waals surface area contributed by atoms with Gasteiger partial charge >= 0.3 is 0 Å². The van der Waals surface area contributed by atoms with Crippen LogP contribution in [0, 0.1) is 0 Å². The van der Waals surface area contributed by atoms with Crippen molar-refractivity contribution in [3.63, 3.8) is 0 Å². The molecule has 2 aromatic rings. The van der Waals surface area contributed by atoms with E-state index in [0.717, 1.165) is 24.4 Å². The van der Waals surface area contributed by atoms with Crippen molar-refractivity contribution in [2.75, 3.05) is 52.4 Å².